The van der Waals surface area contributed by atoms with Crippen LogP contribution in [0.2, 0.25) is 0 Å². The van der Waals surface area contributed by atoms with Gasteiger partial charge in [0.05, 0.1) is 0 Å². The molecule has 0 spiro atoms. The van der Waals surface area contributed by atoms with E-state index in [0.29, 0.717) is 11.5 Å². The predicted octanol–water partition coefficient (Wildman–Crippen LogP) is 3.60. The maximum Gasteiger partial charge on any atom is 0.503 e. The molecule has 0 heterocycles. The summed E-state index contributed by atoms with van der Waals surface area (Å²) < 4.78 is 0. The highest BCUT2D eigenvalue weighted by atomic mass is 16.6. The quantitative estimate of drug-likeness (QED) is 0.591. The van der Waals surface area contributed by atoms with Gasteiger partial charge in [-0.1, -0.05) is 36.4 Å². The van der Waals surface area contributed by atoms with E-state index in [1.54, 1.807) is 48.5 Å². The molecule has 2 rings (SSSR count). The monoisotopic (exact) mass is 308 g/mol. The molecule has 0 saturated heterocycles. The van der Waals surface area contributed by atoms with Gasteiger partial charge in [-0.2, -0.15) is 0 Å². The summed E-state index contributed by atoms with van der Waals surface area (Å²) in [7, 11) is 0. The highest BCUT2D eigenvalue weighted by Crippen LogP contribution is 2.03. The van der Waals surface area contributed by atoms with E-state index in [4.69, 9.17) is 25.2 Å². The third-order valence-corrected chi connectivity index (χ3v) is 1.51. The van der Waals surface area contributed by atoms with Crippen LogP contribution < -0.4 is 0 Å². The topological polar surface area (TPSA) is 115 Å². The summed E-state index contributed by atoms with van der Waals surface area (Å²) in [6.45, 7) is 3.06. The van der Waals surface area contributed by atoms with E-state index in [2.05, 4.69) is 0 Å². The molecule has 0 saturated carbocycles. The van der Waals surface area contributed by atoms with Crippen LogP contribution in [0, 0.1) is 0 Å². The van der Waals surface area contributed by atoms with Gasteiger partial charge in [0.1, 0.15) is 17.3 Å². The summed E-state index contributed by atoms with van der Waals surface area (Å²) in [4.78, 5) is 18.0. The molecular weight excluding hydrogens is 288 g/mol. The lowest BCUT2D eigenvalue weighted by molar-refractivity contribution is -0.115. The standard InChI is InChI=1S/2C6H6O.C3H6O.CH2O3/c2*7-6-4-2-1-3-5-6;1-3(2)4;2-1(3)4/h2*1-5,7H;1-2H3;(H2,2,3,4). The van der Waals surface area contributed by atoms with Gasteiger partial charge in [-0.25, -0.2) is 4.79 Å². The van der Waals surface area contributed by atoms with Crippen molar-refractivity contribution < 1.29 is 30.0 Å². The molecule has 4 N–H and O–H groups in total. The number of carboxylic acid groups (broad SMARTS) is 2. The van der Waals surface area contributed by atoms with Gasteiger partial charge in [0.15, 0.2) is 0 Å². The number of phenols is 2. The Labute approximate surface area is 128 Å². The average molecular weight is 308 g/mol. The van der Waals surface area contributed by atoms with E-state index in [1.807, 2.05) is 12.1 Å². The molecule has 0 radical (unpaired) electrons. The van der Waals surface area contributed by atoms with E-state index < -0.39 is 6.16 Å². The smallest absolute Gasteiger partial charge is 0.503 e. The van der Waals surface area contributed by atoms with E-state index in [1.165, 1.54) is 13.8 Å². The first-order valence-corrected chi connectivity index (χ1v) is 6.12. The van der Waals surface area contributed by atoms with Gasteiger partial charge in [0.2, 0.25) is 0 Å². The number of hydrogen-bond donors (Lipinski definition) is 4. The fraction of sp³-hybridized carbons (Fsp3) is 0.125. The minimum atomic E-state index is -1.83. The van der Waals surface area contributed by atoms with Crippen molar-refractivity contribution in [3.05, 3.63) is 60.7 Å². The Balaban J connectivity index is 0. The van der Waals surface area contributed by atoms with Gasteiger partial charge < -0.3 is 25.2 Å². The first-order chi connectivity index (χ1) is 10.3. The van der Waals surface area contributed by atoms with E-state index in [0.717, 1.165) is 0 Å². The van der Waals surface area contributed by atoms with Gasteiger partial charge in [0, 0.05) is 0 Å². The third-order valence-electron chi connectivity index (χ3n) is 1.51. The second-order valence-corrected chi connectivity index (χ2v) is 3.86. The molecule has 0 fully saturated rings. The van der Waals surface area contributed by atoms with Crippen LogP contribution in [0.4, 0.5) is 4.79 Å². The molecular formula is C16H20O6. The first-order valence-electron chi connectivity index (χ1n) is 6.12. The van der Waals surface area contributed by atoms with Crippen molar-refractivity contribution in [1.82, 2.24) is 0 Å². The molecule has 0 unspecified atom stereocenters. The minimum Gasteiger partial charge on any atom is -0.508 e. The zero-order valence-corrected chi connectivity index (χ0v) is 12.4. The molecule has 2 aromatic rings. The van der Waals surface area contributed by atoms with Crippen molar-refractivity contribution in [2.24, 2.45) is 0 Å². The maximum absolute atomic E-state index is 9.44. The summed E-state index contributed by atoms with van der Waals surface area (Å²) in [6.07, 6.45) is -1.83. The molecule has 0 bridgehead atoms. The number of carbonyl (C=O) groups excluding carboxylic acids is 1. The fourth-order valence-corrected chi connectivity index (χ4v) is 0.856. The largest absolute Gasteiger partial charge is 0.508 e. The first kappa shape index (κ1) is 21.3. The number of Topliss-reactive ketones (excluding diaryl/α,β-unsaturated/α-hetero) is 1. The average Bonchev–Trinajstić information content (AvgIpc) is 2.40. The van der Waals surface area contributed by atoms with Crippen molar-refractivity contribution in [1.29, 1.82) is 0 Å². The Morgan fingerprint density at radius 3 is 0.955 bits per heavy atom. The zero-order chi connectivity index (χ0) is 17.4. The van der Waals surface area contributed by atoms with Gasteiger partial charge in [0.25, 0.3) is 0 Å². The Morgan fingerprint density at radius 2 is 0.864 bits per heavy atom. The number of phenolic OH excluding ortho intramolecular Hbond substituents is 2. The van der Waals surface area contributed by atoms with Crippen molar-refractivity contribution >= 4 is 11.9 Å². The molecule has 6 nitrogen and oxygen atoms in total. The van der Waals surface area contributed by atoms with Crippen LogP contribution in [0.5, 0.6) is 11.5 Å². The van der Waals surface area contributed by atoms with Crippen LogP contribution in [0.1, 0.15) is 13.8 Å². The minimum absolute atomic E-state index is 0.167. The van der Waals surface area contributed by atoms with Crippen molar-refractivity contribution in [3.8, 4) is 11.5 Å². The van der Waals surface area contributed by atoms with Crippen LogP contribution in [0.15, 0.2) is 60.7 Å². The second kappa shape index (κ2) is 14.4. The lowest BCUT2D eigenvalue weighted by Gasteiger charge is -1.82. The summed E-state index contributed by atoms with van der Waals surface area (Å²) in [5.41, 5.74) is 0. The van der Waals surface area contributed by atoms with Crippen molar-refractivity contribution in [3.63, 3.8) is 0 Å². The molecule has 0 aromatic heterocycles. The predicted molar refractivity (Wildman–Crippen MR) is 83.2 cm³/mol. The Morgan fingerprint density at radius 1 is 0.682 bits per heavy atom. The molecule has 0 atom stereocenters. The van der Waals surface area contributed by atoms with Gasteiger partial charge in [-0.3, -0.25) is 0 Å². The van der Waals surface area contributed by atoms with Crippen LogP contribution in [-0.4, -0.2) is 32.4 Å². The fourth-order valence-electron chi connectivity index (χ4n) is 0.856. The number of aromatic hydroxyl groups is 2. The van der Waals surface area contributed by atoms with E-state index in [9.17, 15) is 4.79 Å². The Kier molecular flexibility index (Phi) is 13.9. The maximum atomic E-state index is 9.44. The number of ketones is 1. The number of para-hydroxylation sites is 2. The van der Waals surface area contributed by atoms with Crippen LogP contribution in [0.25, 0.3) is 0 Å². The lowest BCUT2D eigenvalue weighted by atomic mass is 10.3. The Bertz CT molecular complexity index is 453. The number of hydrogen-bond acceptors (Lipinski definition) is 4. The normalized spacial score (nSPS) is 7.73. The molecule has 22 heavy (non-hydrogen) atoms. The van der Waals surface area contributed by atoms with Crippen molar-refractivity contribution in [2.45, 2.75) is 13.8 Å². The Hall–Kier alpha value is -3.02. The molecule has 2 aromatic carbocycles. The van der Waals surface area contributed by atoms with Crippen LogP contribution in [0.3, 0.4) is 0 Å². The number of rotatable bonds is 0. The van der Waals surface area contributed by atoms with Crippen LogP contribution >= 0.6 is 0 Å². The number of benzene rings is 2. The summed E-state index contributed by atoms with van der Waals surface area (Å²) in [5.74, 6) is 0.810. The highest BCUT2D eigenvalue weighted by molar-refractivity contribution is 5.72. The molecule has 6 heteroatoms. The van der Waals surface area contributed by atoms with Gasteiger partial charge >= 0.3 is 6.16 Å². The number of carbonyl (C=O) groups is 2. The van der Waals surface area contributed by atoms with E-state index in [-0.39, 0.29) is 5.78 Å². The van der Waals surface area contributed by atoms with Crippen molar-refractivity contribution in [2.75, 3.05) is 0 Å². The third kappa shape index (κ3) is 25.7. The molecule has 0 aliphatic heterocycles. The van der Waals surface area contributed by atoms with E-state index >= 15 is 0 Å². The molecule has 120 valence electrons. The van der Waals surface area contributed by atoms with Crippen LogP contribution in [-0.2, 0) is 4.79 Å². The van der Waals surface area contributed by atoms with Gasteiger partial charge in [-0.05, 0) is 38.1 Å². The lowest BCUT2D eigenvalue weighted by Crippen LogP contribution is -1.81. The summed E-state index contributed by atoms with van der Waals surface area (Å²) >= 11 is 0. The molecule has 0 amide bonds. The molecule has 0 aliphatic carbocycles. The SMILES string of the molecule is CC(C)=O.O=C(O)O.Oc1ccccc1.Oc1ccccc1. The molecule has 0 aliphatic rings. The zero-order valence-electron chi connectivity index (χ0n) is 12.4. The highest BCUT2D eigenvalue weighted by Gasteiger charge is 1.75. The summed E-state index contributed by atoms with van der Waals surface area (Å²) in [6, 6.07) is 17.4. The summed E-state index contributed by atoms with van der Waals surface area (Å²) in [5, 5.41) is 31.2. The second-order valence-electron chi connectivity index (χ2n) is 3.86. The van der Waals surface area contributed by atoms with Gasteiger partial charge in [-0.15, -0.1) is 0 Å².